The molecule has 1 aromatic heterocycles. The van der Waals surface area contributed by atoms with Gasteiger partial charge in [0.15, 0.2) is 5.82 Å². The van der Waals surface area contributed by atoms with E-state index in [0.29, 0.717) is 13.2 Å². The van der Waals surface area contributed by atoms with Gasteiger partial charge in [-0.1, -0.05) is 12.1 Å². The second-order valence-electron chi connectivity index (χ2n) is 3.53. The molecule has 5 heteroatoms. The van der Waals surface area contributed by atoms with Crippen molar-refractivity contribution >= 4 is 5.69 Å². The zero-order chi connectivity index (χ0) is 11.4. The fourth-order valence-electron chi connectivity index (χ4n) is 1.32. The summed E-state index contributed by atoms with van der Waals surface area (Å²) in [5, 5.41) is 3.96. The Morgan fingerprint density at radius 2 is 2.00 bits per heavy atom. The predicted octanol–water partition coefficient (Wildman–Crippen LogP) is 1.11. The van der Waals surface area contributed by atoms with E-state index in [1.807, 2.05) is 31.3 Å². The zero-order valence-corrected chi connectivity index (χ0v) is 9.13. The molecule has 0 aliphatic carbocycles. The molecule has 0 spiro atoms. The van der Waals surface area contributed by atoms with Crippen LogP contribution < -0.4 is 5.73 Å². The molecule has 0 aliphatic heterocycles. The second kappa shape index (κ2) is 4.76. The van der Waals surface area contributed by atoms with Gasteiger partial charge in [-0.05, 0) is 17.7 Å². The molecule has 0 unspecified atom stereocenters. The molecule has 0 radical (unpaired) electrons. The zero-order valence-electron chi connectivity index (χ0n) is 9.13. The molecular formula is C11H14N4O. The van der Waals surface area contributed by atoms with Crippen LogP contribution in [0.15, 0.2) is 30.6 Å². The van der Waals surface area contributed by atoms with Crippen LogP contribution in [0.3, 0.4) is 0 Å². The van der Waals surface area contributed by atoms with E-state index in [1.165, 1.54) is 6.33 Å². The maximum atomic E-state index is 5.59. The maximum Gasteiger partial charge on any atom is 0.152 e. The third-order valence-corrected chi connectivity index (χ3v) is 2.28. The number of anilines is 1. The van der Waals surface area contributed by atoms with E-state index in [9.17, 15) is 0 Å². The summed E-state index contributed by atoms with van der Waals surface area (Å²) < 4.78 is 7.22. The fourth-order valence-corrected chi connectivity index (χ4v) is 1.32. The largest absolute Gasteiger partial charge is 0.399 e. The lowest BCUT2D eigenvalue weighted by Crippen LogP contribution is -2.02. The summed E-state index contributed by atoms with van der Waals surface area (Å²) >= 11 is 0. The average Bonchev–Trinajstić information content (AvgIpc) is 2.68. The van der Waals surface area contributed by atoms with Gasteiger partial charge in [-0.2, -0.15) is 5.10 Å². The number of nitrogen functional groups attached to an aromatic ring is 1. The van der Waals surface area contributed by atoms with Crippen LogP contribution in [0.5, 0.6) is 0 Å². The summed E-state index contributed by atoms with van der Waals surface area (Å²) in [4.78, 5) is 4.07. The van der Waals surface area contributed by atoms with E-state index in [1.54, 1.807) is 4.68 Å². The lowest BCUT2D eigenvalue weighted by atomic mass is 10.2. The molecule has 0 amide bonds. The van der Waals surface area contributed by atoms with E-state index in [-0.39, 0.29) is 0 Å². The molecule has 16 heavy (non-hydrogen) atoms. The second-order valence-corrected chi connectivity index (χ2v) is 3.53. The van der Waals surface area contributed by atoms with Gasteiger partial charge in [0.2, 0.25) is 0 Å². The minimum Gasteiger partial charge on any atom is -0.399 e. The normalized spacial score (nSPS) is 10.6. The van der Waals surface area contributed by atoms with Crippen LogP contribution in [0.2, 0.25) is 0 Å². The van der Waals surface area contributed by atoms with Crippen LogP contribution in [0.4, 0.5) is 5.69 Å². The highest BCUT2D eigenvalue weighted by Gasteiger charge is 2.00. The first kappa shape index (κ1) is 10.6. The first-order valence-corrected chi connectivity index (χ1v) is 5.01. The summed E-state index contributed by atoms with van der Waals surface area (Å²) in [6.07, 6.45) is 1.52. The van der Waals surface area contributed by atoms with Crippen molar-refractivity contribution in [2.45, 2.75) is 13.2 Å². The Morgan fingerprint density at radius 1 is 1.25 bits per heavy atom. The summed E-state index contributed by atoms with van der Waals surface area (Å²) in [5.41, 5.74) is 7.44. The van der Waals surface area contributed by atoms with Crippen molar-refractivity contribution in [1.82, 2.24) is 14.8 Å². The minimum absolute atomic E-state index is 0.459. The van der Waals surface area contributed by atoms with E-state index in [4.69, 9.17) is 10.5 Å². The average molecular weight is 218 g/mol. The van der Waals surface area contributed by atoms with Crippen LogP contribution in [0.25, 0.3) is 0 Å². The molecule has 1 heterocycles. The van der Waals surface area contributed by atoms with Gasteiger partial charge in [0, 0.05) is 12.7 Å². The summed E-state index contributed by atoms with van der Waals surface area (Å²) in [7, 11) is 1.84. The van der Waals surface area contributed by atoms with Crippen LogP contribution in [-0.4, -0.2) is 14.8 Å². The topological polar surface area (TPSA) is 66.0 Å². The molecule has 0 saturated carbocycles. The van der Waals surface area contributed by atoms with Crippen molar-refractivity contribution in [1.29, 1.82) is 0 Å². The van der Waals surface area contributed by atoms with Gasteiger partial charge in [0.25, 0.3) is 0 Å². The Morgan fingerprint density at radius 3 is 2.62 bits per heavy atom. The Labute approximate surface area is 93.9 Å². The number of hydrogen-bond donors (Lipinski definition) is 1. The number of rotatable bonds is 4. The Kier molecular flexibility index (Phi) is 3.16. The van der Waals surface area contributed by atoms with E-state index in [2.05, 4.69) is 10.1 Å². The van der Waals surface area contributed by atoms with E-state index < -0.39 is 0 Å². The first-order valence-electron chi connectivity index (χ1n) is 5.01. The van der Waals surface area contributed by atoms with Crippen molar-refractivity contribution in [3.63, 3.8) is 0 Å². The number of aromatic nitrogens is 3. The Balaban J connectivity index is 1.84. The lowest BCUT2D eigenvalue weighted by Gasteiger charge is -2.04. The van der Waals surface area contributed by atoms with Gasteiger partial charge in [0.1, 0.15) is 12.9 Å². The van der Waals surface area contributed by atoms with Crippen molar-refractivity contribution in [3.05, 3.63) is 42.0 Å². The van der Waals surface area contributed by atoms with Gasteiger partial charge in [-0.25, -0.2) is 4.98 Å². The predicted molar refractivity (Wildman–Crippen MR) is 60.4 cm³/mol. The molecule has 0 saturated heterocycles. The molecule has 0 atom stereocenters. The number of hydrogen-bond acceptors (Lipinski definition) is 4. The number of aryl methyl sites for hydroxylation is 1. The molecule has 0 fully saturated rings. The highest BCUT2D eigenvalue weighted by Crippen LogP contribution is 2.07. The van der Waals surface area contributed by atoms with Crippen molar-refractivity contribution in [2.24, 2.45) is 7.05 Å². The maximum absolute atomic E-state index is 5.59. The van der Waals surface area contributed by atoms with Crippen LogP contribution in [0.1, 0.15) is 11.4 Å². The van der Waals surface area contributed by atoms with E-state index in [0.717, 1.165) is 17.1 Å². The van der Waals surface area contributed by atoms with Gasteiger partial charge in [-0.3, -0.25) is 4.68 Å². The summed E-state index contributed by atoms with van der Waals surface area (Å²) in [5.74, 6) is 0.815. The van der Waals surface area contributed by atoms with E-state index >= 15 is 0 Å². The number of nitrogens with zero attached hydrogens (tertiary/aromatic N) is 3. The minimum atomic E-state index is 0.459. The van der Waals surface area contributed by atoms with Gasteiger partial charge in [-0.15, -0.1) is 0 Å². The fraction of sp³-hybridized carbons (Fsp3) is 0.273. The number of ether oxygens (including phenoxy) is 1. The monoisotopic (exact) mass is 218 g/mol. The molecule has 84 valence electrons. The highest BCUT2D eigenvalue weighted by molar-refractivity contribution is 5.39. The summed E-state index contributed by atoms with van der Waals surface area (Å²) in [6, 6.07) is 7.63. The molecule has 0 bridgehead atoms. The van der Waals surface area contributed by atoms with Crippen LogP contribution in [-0.2, 0) is 25.0 Å². The number of nitrogens with two attached hydrogens (primary N) is 1. The molecular weight excluding hydrogens is 204 g/mol. The molecule has 2 N–H and O–H groups in total. The van der Waals surface area contributed by atoms with Crippen molar-refractivity contribution in [3.8, 4) is 0 Å². The highest BCUT2D eigenvalue weighted by atomic mass is 16.5. The first-order chi connectivity index (χ1) is 7.75. The van der Waals surface area contributed by atoms with Gasteiger partial charge in [0.05, 0.1) is 6.61 Å². The van der Waals surface area contributed by atoms with Gasteiger partial charge < -0.3 is 10.5 Å². The van der Waals surface area contributed by atoms with Crippen molar-refractivity contribution in [2.75, 3.05) is 5.73 Å². The Hall–Kier alpha value is -1.88. The Bertz CT molecular complexity index is 449. The number of benzene rings is 1. The lowest BCUT2D eigenvalue weighted by molar-refractivity contribution is 0.0993. The third-order valence-electron chi connectivity index (χ3n) is 2.28. The van der Waals surface area contributed by atoms with Crippen LogP contribution >= 0.6 is 0 Å². The smallest absolute Gasteiger partial charge is 0.152 e. The summed E-state index contributed by atoms with van der Waals surface area (Å²) in [6.45, 7) is 1.01. The third kappa shape index (κ3) is 2.58. The molecule has 1 aromatic carbocycles. The van der Waals surface area contributed by atoms with Gasteiger partial charge >= 0.3 is 0 Å². The quantitative estimate of drug-likeness (QED) is 0.781. The molecule has 2 aromatic rings. The molecule has 0 aliphatic rings. The SMILES string of the molecule is Cn1ncnc1COCc1ccc(N)cc1. The molecule has 5 nitrogen and oxygen atoms in total. The molecule has 2 rings (SSSR count). The van der Waals surface area contributed by atoms with Crippen molar-refractivity contribution < 1.29 is 4.74 Å². The van der Waals surface area contributed by atoms with Crippen LogP contribution in [0, 0.1) is 0 Å². The standard InChI is InChI=1S/C11H14N4O/c1-15-11(13-8-14-15)7-16-6-9-2-4-10(12)5-3-9/h2-5,8H,6-7,12H2,1H3.